The smallest absolute Gasteiger partial charge is 0.228 e. The van der Waals surface area contributed by atoms with E-state index in [4.69, 9.17) is 4.74 Å². The first-order valence-corrected chi connectivity index (χ1v) is 9.50. The van der Waals surface area contributed by atoms with Crippen LogP contribution in [0.4, 0.5) is 17.3 Å². The van der Waals surface area contributed by atoms with Crippen molar-refractivity contribution in [3.63, 3.8) is 0 Å². The predicted molar refractivity (Wildman–Crippen MR) is 114 cm³/mol. The molecule has 3 aromatic rings. The van der Waals surface area contributed by atoms with E-state index in [9.17, 15) is 4.79 Å². The summed E-state index contributed by atoms with van der Waals surface area (Å²) >= 11 is 0. The SMILES string of the molecule is Cc1ccc2cc1NC(=O)C/C=C/COCc1cccc(c1)Nc1nccc-2n1. The Kier molecular flexibility index (Phi) is 5.63. The molecule has 1 aliphatic rings. The largest absolute Gasteiger partial charge is 0.373 e. The molecule has 1 aliphatic heterocycles. The first-order chi connectivity index (χ1) is 14.2. The second-order valence-corrected chi connectivity index (χ2v) is 6.86. The summed E-state index contributed by atoms with van der Waals surface area (Å²) in [7, 11) is 0. The number of hydrogen-bond acceptors (Lipinski definition) is 5. The van der Waals surface area contributed by atoms with E-state index in [-0.39, 0.29) is 5.91 Å². The lowest BCUT2D eigenvalue weighted by molar-refractivity contribution is -0.115. The van der Waals surface area contributed by atoms with Crippen LogP contribution in [0.25, 0.3) is 11.3 Å². The lowest BCUT2D eigenvalue weighted by atomic mass is 10.1. The summed E-state index contributed by atoms with van der Waals surface area (Å²) in [6.45, 7) is 2.90. The summed E-state index contributed by atoms with van der Waals surface area (Å²) < 4.78 is 5.67. The van der Waals surface area contributed by atoms with Crippen LogP contribution >= 0.6 is 0 Å². The molecule has 0 radical (unpaired) electrons. The standard InChI is InChI=1S/C23H22N4O2/c1-16-8-9-18-14-21(16)26-22(28)7-2-3-12-29-15-17-5-4-6-19(13-17)25-23-24-11-10-20(18)27-23/h2-6,8-11,13-14H,7,12,15H2,1H3,(H,26,28)(H,24,25,27)/b3-2+. The Bertz CT molecular complexity index is 1060. The highest BCUT2D eigenvalue weighted by molar-refractivity contribution is 5.93. The summed E-state index contributed by atoms with van der Waals surface area (Å²) in [6.07, 6.45) is 5.71. The molecule has 29 heavy (non-hydrogen) atoms. The Balaban J connectivity index is 1.71. The van der Waals surface area contributed by atoms with Gasteiger partial charge in [-0.2, -0.15) is 0 Å². The van der Waals surface area contributed by atoms with Gasteiger partial charge < -0.3 is 15.4 Å². The van der Waals surface area contributed by atoms with Gasteiger partial charge in [-0.1, -0.05) is 36.4 Å². The maximum absolute atomic E-state index is 12.3. The predicted octanol–water partition coefficient (Wildman–Crippen LogP) is 4.61. The van der Waals surface area contributed by atoms with Gasteiger partial charge in [0.15, 0.2) is 0 Å². The lowest BCUT2D eigenvalue weighted by Gasteiger charge is -2.12. The average Bonchev–Trinajstić information content (AvgIpc) is 2.72. The molecule has 2 heterocycles. The zero-order valence-electron chi connectivity index (χ0n) is 16.2. The fraction of sp³-hybridized carbons (Fsp3) is 0.174. The summed E-state index contributed by atoms with van der Waals surface area (Å²) in [5.41, 5.74) is 5.40. The molecule has 1 aromatic heterocycles. The van der Waals surface area contributed by atoms with Crippen LogP contribution in [0.2, 0.25) is 0 Å². The van der Waals surface area contributed by atoms with E-state index < -0.39 is 0 Å². The highest BCUT2D eigenvalue weighted by Crippen LogP contribution is 2.25. The van der Waals surface area contributed by atoms with Crippen molar-refractivity contribution in [2.24, 2.45) is 0 Å². The third kappa shape index (κ3) is 4.86. The Hall–Kier alpha value is -3.51. The number of benzene rings is 2. The van der Waals surface area contributed by atoms with Gasteiger partial charge in [0.2, 0.25) is 11.9 Å². The summed E-state index contributed by atoms with van der Waals surface area (Å²) in [5, 5.41) is 6.23. The van der Waals surface area contributed by atoms with Crippen LogP contribution in [-0.2, 0) is 16.1 Å². The fourth-order valence-electron chi connectivity index (χ4n) is 3.07. The number of ether oxygens (including phenoxy) is 1. The van der Waals surface area contributed by atoms with Gasteiger partial charge in [-0.25, -0.2) is 9.97 Å². The van der Waals surface area contributed by atoms with Crippen LogP contribution in [0.15, 0.2) is 66.9 Å². The zero-order chi connectivity index (χ0) is 20.1. The summed E-state index contributed by atoms with van der Waals surface area (Å²) in [5.74, 6) is 0.441. The van der Waals surface area contributed by atoms with Gasteiger partial charge in [0.1, 0.15) is 0 Å². The maximum atomic E-state index is 12.3. The summed E-state index contributed by atoms with van der Waals surface area (Å²) in [6, 6.07) is 15.7. The number of amides is 1. The first kappa shape index (κ1) is 18.8. The Morgan fingerprint density at radius 1 is 1.03 bits per heavy atom. The fourth-order valence-corrected chi connectivity index (χ4v) is 3.07. The lowest BCUT2D eigenvalue weighted by Crippen LogP contribution is -2.11. The minimum absolute atomic E-state index is 0.0691. The Morgan fingerprint density at radius 3 is 2.90 bits per heavy atom. The van der Waals surface area contributed by atoms with Crippen molar-refractivity contribution in [1.29, 1.82) is 0 Å². The van der Waals surface area contributed by atoms with Crippen LogP contribution in [-0.4, -0.2) is 22.5 Å². The average molecular weight is 386 g/mol. The zero-order valence-corrected chi connectivity index (χ0v) is 16.2. The topological polar surface area (TPSA) is 76.1 Å². The minimum Gasteiger partial charge on any atom is -0.373 e. The number of nitrogens with zero attached hydrogens (tertiary/aromatic N) is 2. The molecule has 2 aromatic carbocycles. The highest BCUT2D eigenvalue weighted by atomic mass is 16.5. The molecule has 146 valence electrons. The van der Waals surface area contributed by atoms with Gasteiger partial charge >= 0.3 is 0 Å². The molecule has 0 atom stereocenters. The van der Waals surface area contributed by atoms with E-state index in [0.717, 1.165) is 33.8 Å². The van der Waals surface area contributed by atoms with E-state index >= 15 is 0 Å². The molecule has 2 N–H and O–H groups in total. The minimum atomic E-state index is -0.0691. The van der Waals surface area contributed by atoms with Crippen LogP contribution in [0.3, 0.4) is 0 Å². The molecule has 0 saturated carbocycles. The molecule has 6 nitrogen and oxygen atoms in total. The van der Waals surface area contributed by atoms with Crippen molar-refractivity contribution in [1.82, 2.24) is 9.97 Å². The molecular formula is C23H22N4O2. The van der Waals surface area contributed by atoms with Crippen LogP contribution in [0.1, 0.15) is 17.5 Å². The molecule has 0 aliphatic carbocycles. The van der Waals surface area contributed by atoms with E-state index in [0.29, 0.717) is 25.6 Å². The van der Waals surface area contributed by atoms with Gasteiger partial charge in [0, 0.05) is 29.6 Å². The number of fused-ring (bicyclic) bond motifs is 7. The molecule has 4 rings (SSSR count). The molecular weight excluding hydrogens is 364 g/mol. The number of aromatic nitrogens is 2. The van der Waals surface area contributed by atoms with Gasteiger partial charge in [-0.05, 0) is 42.3 Å². The van der Waals surface area contributed by atoms with E-state index in [1.54, 1.807) is 6.20 Å². The highest BCUT2D eigenvalue weighted by Gasteiger charge is 2.09. The van der Waals surface area contributed by atoms with Crippen molar-refractivity contribution in [2.75, 3.05) is 17.2 Å². The summed E-state index contributed by atoms with van der Waals surface area (Å²) in [4.78, 5) is 21.3. The second-order valence-electron chi connectivity index (χ2n) is 6.86. The van der Waals surface area contributed by atoms with Crippen molar-refractivity contribution in [3.05, 3.63) is 78.0 Å². The molecule has 1 amide bonds. The number of carbonyl (C=O) groups excluding carboxylic acids is 1. The number of nitrogens with one attached hydrogen (secondary N) is 2. The molecule has 6 heteroatoms. The van der Waals surface area contributed by atoms with Crippen molar-refractivity contribution >= 4 is 23.2 Å². The number of carbonyl (C=O) groups is 1. The van der Waals surface area contributed by atoms with E-state index in [1.165, 1.54) is 0 Å². The molecule has 0 saturated heterocycles. The quantitative estimate of drug-likeness (QED) is 0.552. The monoisotopic (exact) mass is 386 g/mol. The van der Waals surface area contributed by atoms with Gasteiger partial charge in [-0.3, -0.25) is 4.79 Å². The molecule has 0 spiro atoms. The van der Waals surface area contributed by atoms with Crippen molar-refractivity contribution < 1.29 is 9.53 Å². The normalized spacial score (nSPS) is 15.4. The third-order valence-corrected chi connectivity index (χ3v) is 4.60. The molecule has 6 bridgehead atoms. The van der Waals surface area contributed by atoms with E-state index in [2.05, 4.69) is 20.6 Å². The second kappa shape index (κ2) is 8.67. The number of rotatable bonds is 0. The Morgan fingerprint density at radius 2 is 1.97 bits per heavy atom. The first-order valence-electron chi connectivity index (χ1n) is 9.50. The van der Waals surface area contributed by atoms with Crippen LogP contribution < -0.4 is 10.6 Å². The van der Waals surface area contributed by atoms with Gasteiger partial charge in [0.25, 0.3) is 0 Å². The van der Waals surface area contributed by atoms with E-state index in [1.807, 2.05) is 67.6 Å². The molecule has 0 unspecified atom stereocenters. The van der Waals surface area contributed by atoms with Crippen LogP contribution in [0.5, 0.6) is 0 Å². The molecule has 0 fully saturated rings. The van der Waals surface area contributed by atoms with Crippen molar-refractivity contribution in [2.45, 2.75) is 20.0 Å². The Labute approximate surface area is 169 Å². The number of anilines is 3. The maximum Gasteiger partial charge on any atom is 0.228 e. The van der Waals surface area contributed by atoms with Crippen LogP contribution in [0, 0.1) is 6.92 Å². The van der Waals surface area contributed by atoms with Gasteiger partial charge in [0.05, 0.1) is 18.9 Å². The van der Waals surface area contributed by atoms with Gasteiger partial charge in [-0.15, -0.1) is 0 Å². The van der Waals surface area contributed by atoms with Crippen molar-refractivity contribution in [3.8, 4) is 11.3 Å². The third-order valence-electron chi connectivity index (χ3n) is 4.60. The number of hydrogen-bond donors (Lipinski definition) is 2. The number of aryl methyl sites for hydroxylation is 1.